The Balaban J connectivity index is 1.95. The van der Waals surface area contributed by atoms with Crippen LogP contribution in [0, 0.1) is 0 Å². The van der Waals surface area contributed by atoms with E-state index in [0.717, 1.165) is 37.3 Å². The van der Waals surface area contributed by atoms with Gasteiger partial charge in [0.2, 0.25) is 5.91 Å². The van der Waals surface area contributed by atoms with E-state index in [0.29, 0.717) is 6.42 Å². The third-order valence-electron chi connectivity index (χ3n) is 3.35. The molecular weight excluding hydrogens is 226 g/mol. The number of nitrogens with one attached hydrogen (secondary N) is 1. The van der Waals surface area contributed by atoms with E-state index in [9.17, 15) is 4.79 Å². The predicted molar refractivity (Wildman–Crippen MR) is 74.8 cm³/mol. The van der Waals surface area contributed by atoms with Gasteiger partial charge in [-0.05, 0) is 37.1 Å². The maximum atomic E-state index is 11.6. The first-order chi connectivity index (χ1) is 8.70. The standard InChI is InChI=1S/C14H21N3O/c1-2-11(15)10-16-12-5-7-13(8-6-12)17-9-3-4-14(17)18/h5-8,11,16H,2-4,9-10,15H2,1H3/t11-/m0/s1. The van der Waals surface area contributed by atoms with Crippen molar-refractivity contribution in [2.45, 2.75) is 32.2 Å². The lowest BCUT2D eigenvalue weighted by Gasteiger charge is -2.17. The van der Waals surface area contributed by atoms with Crippen LogP contribution in [-0.4, -0.2) is 25.0 Å². The van der Waals surface area contributed by atoms with Crippen molar-refractivity contribution in [2.24, 2.45) is 5.73 Å². The molecule has 1 aromatic carbocycles. The second kappa shape index (κ2) is 5.87. The number of carbonyl (C=O) groups excluding carboxylic acids is 1. The highest BCUT2D eigenvalue weighted by molar-refractivity contribution is 5.95. The number of hydrogen-bond donors (Lipinski definition) is 2. The Morgan fingerprint density at radius 3 is 2.67 bits per heavy atom. The normalized spacial score (nSPS) is 17.0. The molecule has 0 spiro atoms. The van der Waals surface area contributed by atoms with Crippen molar-refractivity contribution in [1.29, 1.82) is 0 Å². The van der Waals surface area contributed by atoms with Crippen LogP contribution in [-0.2, 0) is 4.79 Å². The Hall–Kier alpha value is -1.55. The van der Waals surface area contributed by atoms with Crippen LogP contribution >= 0.6 is 0 Å². The summed E-state index contributed by atoms with van der Waals surface area (Å²) in [5.41, 5.74) is 7.89. The van der Waals surface area contributed by atoms with Crippen LogP contribution < -0.4 is 16.0 Å². The molecule has 0 bridgehead atoms. The molecule has 4 heteroatoms. The molecule has 1 heterocycles. The van der Waals surface area contributed by atoms with Gasteiger partial charge >= 0.3 is 0 Å². The number of anilines is 2. The highest BCUT2D eigenvalue weighted by Gasteiger charge is 2.21. The summed E-state index contributed by atoms with van der Waals surface area (Å²) < 4.78 is 0. The summed E-state index contributed by atoms with van der Waals surface area (Å²) in [6.07, 6.45) is 2.60. The van der Waals surface area contributed by atoms with Gasteiger partial charge in [-0.1, -0.05) is 6.92 Å². The van der Waals surface area contributed by atoms with Gasteiger partial charge in [0.05, 0.1) is 0 Å². The largest absolute Gasteiger partial charge is 0.383 e. The Kier molecular flexibility index (Phi) is 4.20. The molecule has 1 amide bonds. The molecular formula is C14H21N3O. The lowest BCUT2D eigenvalue weighted by Crippen LogP contribution is -2.28. The van der Waals surface area contributed by atoms with E-state index in [1.54, 1.807) is 0 Å². The van der Waals surface area contributed by atoms with Gasteiger partial charge in [0.1, 0.15) is 0 Å². The molecule has 18 heavy (non-hydrogen) atoms. The van der Waals surface area contributed by atoms with Crippen molar-refractivity contribution in [3.05, 3.63) is 24.3 Å². The van der Waals surface area contributed by atoms with Crippen LogP contribution in [0.3, 0.4) is 0 Å². The van der Waals surface area contributed by atoms with Gasteiger partial charge in [-0.3, -0.25) is 4.79 Å². The summed E-state index contributed by atoms with van der Waals surface area (Å²) in [6, 6.07) is 8.17. The SMILES string of the molecule is CC[C@H](N)CNc1ccc(N2CCCC2=O)cc1. The number of nitrogens with two attached hydrogens (primary N) is 1. The number of nitrogens with zero attached hydrogens (tertiary/aromatic N) is 1. The van der Waals surface area contributed by atoms with Crippen molar-refractivity contribution in [3.63, 3.8) is 0 Å². The van der Waals surface area contributed by atoms with Gasteiger partial charge in [0.15, 0.2) is 0 Å². The molecule has 1 aliphatic rings. The molecule has 98 valence electrons. The van der Waals surface area contributed by atoms with Crippen molar-refractivity contribution in [3.8, 4) is 0 Å². The molecule has 1 aliphatic heterocycles. The number of benzene rings is 1. The van der Waals surface area contributed by atoms with Crippen LogP contribution in [0.25, 0.3) is 0 Å². The zero-order chi connectivity index (χ0) is 13.0. The summed E-state index contributed by atoms with van der Waals surface area (Å²) >= 11 is 0. The molecule has 0 unspecified atom stereocenters. The number of amides is 1. The fourth-order valence-electron chi connectivity index (χ4n) is 2.07. The fraction of sp³-hybridized carbons (Fsp3) is 0.500. The summed E-state index contributed by atoms with van der Waals surface area (Å²) in [6.45, 7) is 3.69. The Bertz CT molecular complexity index is 402. The first kappa shape index (κ1) is 12.9. The van der Waals surface area contributed by atoms with Gasteiger partial charge in [-0.25, -0.2) is 0 Å². The molecule has 4 nitrogen and oxygen atoms in total. The minimum Gasteiger partial charge on any atom is -0.383 e. The lowest BCUT2D eigenvalue weighted by molar-refractivity contribution is -0.117. The van der Waals surface area contributed by atoms with Gasteiger partial charge in [-0.2, -0.15) is 0 Å². The van der Waals surface area contributed by atoms with E-state index >= 15 is 0 Å². The summed E-state index contributed by atoms with van der Waals surface area (Å²) in [5, 5.41) is 3.30. The second-order valence-electron chi connectivity index (χ2n) is 4.75. The highest BCUT2D eigenvalue weighted by atomic mass is 16.2. The molecule has 2 rings (SSSR count). The van der Waals surface area contributed by atoms with Crippen molar-refractivity contribution >= 4 is 17.3 Å². The molecule has 0 saturated carbocycles. The van der Waals surface area contributed by atoms with Crippen molar-refractivity contribution in [1.82, 2.24) is 0 Å². The Morgan fingerprint density at radius 1 is 1.39 bits per heavy atom. The maximum Gasteiger partial charge on any atom is 0.227 e. The van der Waals surface area contributed by atoms with Crippen LogP contribution in [0.5, 0.6) is 0 Å². The highest BCUT2D eigenvalue weighted by Crippen LogP contribution is 2.22. The van der Waals surface area contributed by atoms with Crippen molar-refractivity contribution < 1.29 is 4.79 Å². The topological polar surface area (TPSA) is 58.4 Å². The second-order valence-corrected chi connectivity index (χ2v) is 4.75. The van der Waals surface area contributed by atoms with E-state index in [4.69, 9.17) is 5.73 Å². The van der Waals surface area contributed by atoms with E-state index in [1.807, 2.05) is 29.2 Å². The summed E-state index contributed by atoms with van der Waals surface area (Å²) in [4.78, 5) is 13.5. The quantitative estimate of drug-likeness (QED) is 0.836. The van der Waals surface area contributed by atoms with Gasteiger partial charge < -0.3 is 16.0 Å². The summed E-state index contributed by atoms with van der Waals surface area (Å²) in [5.74, 6) is 0.226. The van der Waals surface area contributed by atoms with E-state index in [2.05, 4.69) is 12.2 Å². The first-order valence-corrected chi connectivity index (χ1v) is 6.60. The first-order valence-electron chi connectivity index (χ1n) is 6.60. The number of hydrogen-bond acceptors (Lipinski definition) is 3. The molecule has 1 saturated heterocycles. The van der Waals surface area contributed by atoms with E-state index in [-0.39, 0.29) is 11.9 Å². The number of carbonyl (C=O) groups is 1. The number of rotatable bonds is 5. The van der Waals surface area contributed by atoms with Crippen LogP contribution in [0.15, 0.2) is 24.3 Å². The van der Waals surface area contributed by atoms with Gasteiger partial charge in [-0.15, -0.1) is 0 Å². The third-order valence-corrected chi connectivity index (χ3v) is 3.35. The average molecular weight is 247 g/mol. The fourth-order valence-corrected chi connectivity index (χ4v) is 2.07. The Morgan fingerprint density at radius 2 is 2.11 bits per heavy atom. The van der Waals surface area contributed by atoms with Crippen LogP contribution in [0.1, 0.15) is 26.2 Å². The van der Waals surface area contributed by atoms with Gasteiger partial charge in [0, 0.05) is 36.9 Å². The van der Waals surface area contributed by atoms with Crippen LogP contribution in [0.4, 0.5) is 11.4 Å². The van der Waals surface area contributed by atoms with Crippen molar-refractivity contribution in [2.75, 3.05) is 23.3 Å². The predicted octanol–water partition coefficient (Wildman–Crippen LogP) is 1.96. The van der Waals surface area contributed by atoms with E-state index < -0.39 is 0 Å². The van der Waals surface area contributed by atoms with Crippen LogP contribution in [0.2, 0.25) is 0 Å². The Labute approximate surface area is 108 Å². The minimum atomic E-state index is 0.185. The molecule has 3 N–H and O–H groups in total. The third kappa shape index (κ3) is 3.01. The van der Waals surface area contributed by atoms with Gasteiger partial charge in [0.25, 0.3) is 0 Å². The molecule has 1 fully saturated rings. The summed E-state index contributed by atoms with van der Waals surface area (Å²) in [7, 11) is 0. The molecule has 1 atom stereocenters. The van der Waals surface area contributed by atoms with E-state index in [1.165, 1.54) is 0 Å². The smallest absolute Gasteiger partial charge is 0.227 e. The monoisotopic (exact) mass is 247 g/mol. The average Bonchev–Trinajstić information content (AvgIpc) is 2.83. The maximum absolute atomic E-state index is 11.6. The lowest BCUT2D eigenvalue weighted by atomic mass is 10.2. The minimum absolute atomic E-state index is 0.185. The molecule has 0 aliphatic carbocycles. The molecule has 0 radical (unpaired) electrons. The molecule has 0 aromatic heterocycles. The molecule has 1 aromatic rings. The zero-order valence-electron chi connectivity index (χ0n) is 10.9. The zero-order valence-corrected chi connectivity index (χ0v) is 10.9.